The summed E-state index contributed by atoms with van der Waals surface area (Å²) in [6.07, 6.45) is 7.89. The van der Waals surface area contributed by atoms with Crippen molar-refractivity contribution >= 4 is 5.97 Å². The van der Waals surface area contributed by atoms with E-state index in [0.29, 0.717) is 12.3 Å². The molecule has 0 heterocycles. The zero-order valence-electron chi connectivity index (χ0n) is 10.2. The van der Waals surface area contributed by atoms with E-state index < -0.39 is 5.97 Å². The van der Waals surface area contributed by atoms with Crippen molar-refractivity contribution in [2.75, 3.05) is 0 Å². The van der Waals surface area contributed by atoms with E-state index in [1.807, 2.05) is 19.1 Å². The Bertz CT molecular complexity index is 251. The Morgan fingerprint density at radius 1 is 1.40 bits per heavy atom. The summed E-state index contributed by atoms with van der Waals surface area (Å²) >= 11 is 0. The van der Waals surface area contributed by atoms with Crippen molar-refractivity contribution in [3.05, 3.63) is 23.8 Å². The van der Waals surface area contributed by atoms with Crippen LogP contribution in [-0.4, -0.2) is 11.1 Å². The van der Waals surface area contributed by atoms with Crippen molar-refractivity contribution < 1.29 is 9.90 Å². The smallest absolute Gasteiger partial charge is 0.306 e. The van der Waals surface area contributed by atoms with Gasteiger partial charge in [-0.2, -0.15) is 0 Å². The number of hydrogen-bond acceptors (Lipinski definition) is 1. The van der Waals surface area contributed by atoms with Gasteiger partial charge in [-0.05, 0) is 19.3 Å². The summed E-state index contributed by atoms with van der Waals surface area (Å²) in [5, 5.41) is 8.68. The molecule has 1 N–H and O–H groups in total. The first kappa shape index (κ1) is 13.9. The van der Waals surface area contributed by atoms with E-state index in [-0.39, 0.29) is 5.92 Å². The third-order valence-corrected chi connectivity index (χ3v) is 2.48. The van der Waals surface area contributed by atoms with Crippen LogP contribution in [0.2, 0.25) is 0 Å². The topological polar surface area (TPSA) is 37.3 Å². The highest BCUT2D eigenvalue weighted by Gasteiger charge is 2.07. The predicted octanol–water partition coefficient (Wildman–Crippen LogP) is 3.65. The lowest BCUT2D eigenvalue weighted by Crippen LogP contribution is -2.07. The van der Waals surface area contributed by atoms with E-state index >= 15 is 0 Å². The molecule has 0 aromatic rings. The van der Waals surface area contributed by atoms with Gasteiger partial charge in [0.1, 0.15) is 0 Å². The van der Waals surface area contributed by atoms with Crippen LogP contribution in [0.3, 0.4) is 0 Å². The molecule has 0 spiro atoms. The maximum atomic E-state index is 10.6. The van der Waals surface area contributed by atoms with E-state index in [1.165, 1.54) is 5.57 Å². The fraction of sp³-hybridized carbons (Fsp3) is 0.615. The molecule has 0 saturated heterocycles. The number of rotatable bonds is 6. The Labute approximate surface area is 92.7 Å². The Morgan fingerprint density at radius 2 is 2.00 bits per heavy atom. The minimum atomic E-state index is -0.733. The molecule has 86 valence electrons. The standard InChI is InChI=1S/C13H22O2/c1-5-10(2)9-11(3)7-6-8-12(4)13(14)15/h6-7,9-10,12H,5,8H2,1-4H3,(H,14,15). The third kappa shape index (κ3) is 6.95. The average Bonchev–Trinajstić information content (AvgIpc) is 2.17. The van der Waals surface area contributed by atoms with Crippen LogP contribution in [0.4, 0.5) is 0 Å². The van der Waals surface area contributed by atoms with Crippen LogP contribution in [-0.2, 0) is 4.79 Å². The van der Waals surface area contributed by atoms with Crippen LogP contribution in [0.15, 0.2) is 23.8 Å². The highest BCUT2D eigenvalue weighted by molar-refractivity contribution is 5.69. The van der Waals surface area contributed by atoms with E-state index in [9.17, 15) is 4.79 Å². The van der Waals surface area contributed by atoms with Gasteiger partial charge in [0.2, 0.25) is 0 Å². The molecule has 0 aliphatic carbocycles. The second-order valence-electron chi connectivity index (χ2n) is 4.17. The van der Waals surface area contributed by atoms with Gasteiger partial charge in [0.05, 0.1) is 5.92 Å². The first-order chi connectivity index (χ1) is 6.97. The zero-order valence-corrected chi connectivity index (χ0v) is 10.2. The van der Waals surface area contributed by atoms with Crippen LogP contribution in [0, 0.1) is 11.8 Å². The normalized spacial score (nSPS) is 16.7. The molecule has 0 bridgehead atoms. The Balaban J connectivity index is 4.06. The Hall–Kier alpha value is -1.05. The van der Waals surface area contributed by atoms with E-state index in [1.54, 1.807) is 6.92 Å². The van der Waals surface area contributed by atoms with Gasteiger partial charge in [-0.15, -0.1) is 0 Å². The first-order valence-corrected chi connectivity index (χ1v) is 5.55. The molecule has 0 aliphatic heterocycles. The molecule has 0 aliphatic rings. The Kier molecular flexibility index (Phi) is 6.76. The van der Waals surface area contributed by atoms with Crippen LogP contribution in [0.5, 0.6) is 0 Å². The second-order valence-corrected chi connectivity index (χ2v) is 4.17. The first-order valence-electron chi connectivity index (χ1n) is 5.55. The van der Waals surface area contributed by atoms with Gasteiger partial charge in [0, 0.05) is 0 Å². The van der Waals surface area contributed by atoms with Gasteiger partial charge in [0.25, 0.3) is 0 Å². The van der Waals surface area contributed by atoms with Crippen LogP contribution in [0.25, 0.3) is 0 Å². The molecule has 0 saturated carbocycles. The summed E-state index contributed by atoms with van der Waals surface area (Å²) < 4.78 is 0. The maximum absolute atomic E-state index is 10.6. The molecule has 0 fully saturated rings. The molecular weight excluding hydrogens is 188 g/mol. The number of allylic oxidation sites excluding steroid dienone is 4. The molecule has 0 amide bonds. The SMILES string of the molecule is CCC(C)C=C(C)C=CCC(C)C(=O)O. The highest BCUT2D eigenvalue weighted by Crippen LogP contribution is 2.09. The van der Waals surface area contributed by atoms with E-state index in [0.717, 1.165) is 6.42 Å². The number of carbonyl (C=O) groups is 1. The number of aliphatic carboxylic acids is 1. The molecule has 0 rings (SSSR count). The van der Waals surface area contributed by atoms with Crippen molar-refractivity contribution in [1.29, 1.82) is 0 Å². The van der Waals surface area contributed by atoms with Gasteiger partial charge in [-0.1, -0.05) is 51.0 Å². The van der Waals surface area contributed by atoms with Gasteiger partial charge >= 0.3 is 5.97 Å². The number of carboxylic acid groups (broad SMARTS) is 1. The third-order valence-electron chi connectivity index (χ3n) is 2.48. The minimum absolute atomic E-state index is 0.294. The molecule has 15 heavy (non-hydrogen) atoms. The van der Waals surface area contributed by atoms with Crippen molar-refractivity contribution in [1.82, 2.24) is 0 Å². The lowest BCUT2D eigenvalue weighted by molar-refractivity contribution is -0.140. The highest BCUT2D eigenvalue weighted by atomic mass is 16.4. The summed E-state index contributed by atoms with van der Waals surface area (Å²) in [6.45, 7) is 8.11. The quantitative estimate of drug-likeness (QED) is 0.679. The van der Waals surface area contributed by atoms with Crippen LogP contribution >= 0.6 is 0 Å². The van der Waals surface area contributed by atoms with E-state index in [4.69, 9.17) is 5.11 Å². The molecule has 2 nitrogen and oxygen atoms in total. The lowest BCUT2D eigenvalue weighted by Gasteiger charge is -2.02. The monoisotopic (exact) mass is 210 g/mol. The molecule has 2 unspecified atom stereocenters. The molecular formula is C13H22O2. The number of hydrogen-bond donors (Lipinski definition) is 1. The summed E-state index contributed by atoms with van der Waals surface area (Å²) in [5.74, 6) is -0.438. The molecule has 0 radical (unpaired) electrons. The molecule has 0 aromatic heterocycles. The average molecular weight is 210 g/mol. The summed E-state index contributed by atoms with van der Waals surface area (Å²) in [7, 11) is 0. The minimum Gasteiger partial charge on any atom is -0.481 e. The maximum Gasteiger partial charge on any atom is 0.306 e. The van der Waals surface area contributed by atoms with Gasteiger partial charge < -0.3 is 5.11 Å². The van der Waals surface area contributed by atoms with Crippen LogP contribution in [0.1, 0.15) is 40.5 Å². The lowest BCUT2D eigenvalue weighted by atomic mass is 10.0. The fourth-order valence-electron chi connectivity index (χ4n) is 1.18. The Morgan fingerprint density at radius 3 is 2.47 bits per heavy atom. The van der Waals surface area contributed by atoms with Crippen molar-refractivity contribution in [2.45, 2.75) is 40.5 Å². The van der Waals surface area contributed by atoms with Gasteiger partial charge in [-0.3, -0.25) is 4.79 Å². The van der Waals surface area contributed by atoms with Crippen molar-refractivity contribution in [3.63, 3.8) is 0 Å². The van der Waals surface area contributed by atoms with Gasteiger partial charge in [-0.25, -0.2) is 0 Å². The fourth-order valence-corrected chi connectivity index (χ4v) is 1.18. The second kappa shape index (κ2) is 7.27. The van der Waals surface area contributed by atoms with Crippen LogP contribution < -0.4 is 0 Å². The van der Waals surface area contributed by atoms with Gasteiger partial charge in [0.15, 0.2) is 0 Å². The van der Waals surface area contributed by atoms with Crippen molar-refractivity contribution in [2.24, 2.45) is 11.8 Å². The molecule has 0 aromatic carbocycles. The summed E-state index contributed by atoms with van der Waals surface area (Å²) in [6, 6.07) is 0. The van der Waals surface area contributed by atoms with E-state index in [2.05, 4.69) is 19.9 Å². The summed E-state index contributed by atoms with van der Waals surface area (Å²) in [5.41, 5.74) is 1.21. The van der Waals surface area contributed by atoms with Crippen molar-refractivity contribution in [3.8, 4) is 0 Å². The summed E-state index contributed by atoms with van der Waals surface area (Å²) in [4.78, 5) is 10.6. The number of carboxylic acids is 1. The molecule has 2 atom stereocenters. The zero-order chi connectivity index (χ0) is 11.8. The predicted molar refractivity (Wildman–Crippen MR) is 63.8 cm³/mol. The molecule has 2 heteroatoms. The largest absolute Gasteiger partial charge is 0.481 e.